The van der Waals surface area contributed by atoms with E-state index in [-0.39, 0.29) is 4.90 Å². The number of hydrogen-bond acceptors (Lipinski definition) is 3. The molecule has 0 saturated heterocycles. The number of hydrogen-bond donors (Lipinski definition) is 0. The lowest BCUT2D eigenvalue weighted by atomic mass is 10.0. The molecule has 0 saturated carbocycles. The van der Waals surface area contributed by atoms with Gasteiger partial charge in [0.1, 0.15) is 11.5 Å². The van der Waals surface area contributed by atoms with Crippen molar-refractivity contribution in [3.63, 3.8) is 0 Å². The number of fused-ring (bicyclic) bond motifs is 1. The van der Waals surface area contributed by atoms with E-state index in [2.05, 4.69) is 6.07 Å². The molecule has 0 bridgehead atoms. The third-order valence-electron chi connectivity index (χ3n) is 4.91. The zero-order valence-electron chi connectivity index (χ0n) is 16.1. The minimum Gasteiger partial charge on any atom is -0.457 e. The van der Waals surface area contributed by atoms with E-state index in [1.165, 1.54) is 4.31 Å². The third kappa shape index (κ3) is 3.62. The predicted octanol–water partition coefficient (Wildman–Crippen LogP) is 5.24. The van der Waals surface area contributed by atoms with E-state index in [0.29, 0.717) is 12.3 Å². The highest BCUT2D eigenvalue weighted by atomic mass is 32.2. The van der Waals surface area contributed by atoms with Crippen LogP contribution in [0.2, 0.25) is 0 Å². The summed E-state index contributed by atoms with van der Waals surface area (Å²) in [6.07, 6.45) is 1.73. The lowest BCUT2D eigenvalue weighted by molar-refractivity contribution is 0.481. The molecule has 4 nitrogen and oxygen atoms in total. The number of para-hydroxylation sites is 1. The van der Waals surface area contributed by atoms with Crippen molar-refractivity contribution < 1.29 is 13.2 Å². The molecule has 3 aromatic carbocycles. The quantitative estimate of drug-likeness (QED) is 0.609. The molecule has 0 aliphatic carbocycles. The van der Waals surface area contributed by atoms with Crippen molar-refractivity contribution in [1.29, 1.82) is 0 Å². The minimum atomic E-state index is -3.60. The van der Waals surface area contributed by atoms with Gasteiger partial charge in [-0.3, -0.25) is 4.31 Å². The molecule has 1 aliphatic heterocycles. The van der Waals surface area contributed by atoms with Crippen LogP contribution in [0.15, 0.2) is 71.6 Å². The average molecular weight is 394 g/mol. The molecule has 4 rings (SSSR count). The second kappa shape index (κ2) is 7.32. The van der Waals surface area contributed by atoms with Crippen LogP contribution in [0.5, 0.6) is 11.5 Å². The van der Waals surface area contributed by atoms with E-state index in [4.69, 9.17) is 4.74 Å². The number of nitrogens with zero attached hydrogens (tertiary/aromatic N) is 1. The zero-order chi connectivity index (χ0) is 19.7. The fourth-order valence-corrected chi connectivity index (χ4v) is 5.22. The molecule has 0 spiro atoms. The molecule has 0 amide bonds. The number of sulfonamides is 1. The predicted molar refractivity (Wildman–Crippen MR) is 112 cm³/mol. The maximum atomic E-state index is 13.2. The lowest BCUT2D eigenvalue weighted by Crippen LogP contribution is -2.35. The van der Waals surface area contributed by atoms with Crippen molar-refractivity contribution in [2.45, 2.75) is 31.6 Å². The van der Waals surface area contributed by atoms with E-state index >= 15 is 0 Å². The zero-order valence-corrected chi connectivity index (χ0v) is 16.9. The van der Waals surface area contributed by atoms with Gasteiger partial charge in [-0.15, -0.1) is 0 Å². The molecular formula is C23H23NO3S. The highest BCUT2D eigenvalue weighted by Gasteiger charge is 2.28. The van der Waals surface area contributed by atoms with Crippen LogP contribution in [0.4, 0.5) is 5.69 Å². The first-order chi connectivity index (χ1) is 13.4. The summed E-state index contributed by atoms with van der Waals surface area (Å²) in [7, 11) is -3.60. The Morgan fingerprint density at radius 2 is 1.54 bits per heavy atom. The number of rotatable bonds is 4. The van der Waals surface area contributed by atoms with Gasteiger partial charge in [0.25, 0.3) is 10.0 Å². The molecule has 5 heteroatoms. The SMILES string of the molecule is Cc1cc(C)cc(Oc2ccc(S(=O)(=O)N3CCCc4ccccc43)cc2)c1. The molecule has 144 valence electrons. The standard InChI is InChI=1S/C23H23NO3S/c1-17-14-18(2)16-21(15-17)27-20-9-11-22(12-10-20)28(25,26)24-13-5-7-19-6-3-4-8-23(19)24/h3-4,6,8-12,14-16H,5,7,13H2,1-2H3. The second-order valence-electron chi connectivity index (χ2n) is 7.21. The maximum Gasteiger partial charge on any atom is 0.264 e. The van der Waals surface area contributed by atoms with Gasteiger partial charge in [0, 0.05) is 6.54 Å². The fraction of sp³-hybridized carbons (Fsp3) is 0.217. The second-order valence-corrected chi connectivity index (χ2v) is 9.07. The first-order valence-corrected chi connectivity index (χ1v) is 10.8. The Labute approximate surface area is 166 Å². The lowest BCUT2D eigenvalue weighted by Gasteiger charge is -2.30. The first kappa shape index (κ1) is 18.6. The number of anilines is 1. The van der Waals surface area contributed by atoms with Crippen LogP contribution < -0.4 is 9.04 Å². The van der Waals surface area contributed by atoms with E-state index in [1.54, 1.807) is 24.3 Å². The van der Waals surface area contributed by atoms with Crippen molar-refractivity contribution in [1.82, 2.24) is 0 Å². The van der Waals surface area contributed by atoms with Crippen molar-refractivity contribution in [2.75, 3.05) is 10.8 Å². The van der Waals surface area contributed by atoms with Crippen LogP contribution >= 0.6 is 0 Å². The van der Waals surface area contributed by atoms with Gasteiger partial charge in [0.05, 0.1) is 10.6 Å². The van der Waals surface area contributed by atoms with Crippen molar-refractivity contribution >= 4 is 15.7 Å². The van der Waals surface area contributed by atoms with Gasteiger partial charge in [-0.2, -0.15) is 0 Å². The van der Waals surface area contributed by atoms with Crippen LogP contribution in [0.1, 0.15) is 23.1 Å². The van der Waals surface area contributed by atoms with E-state index < -0.39 is 10.0 Å². The Kier molecular flexibility index (Phi) is 4.85. The van der Waals surface area contributed by atoms with Crippen molar-refractivity contribution in [3.8, 4) is 11.5 Å². The van der Waals surface area contributed by atoms with Gasteiger partial charge in [-0.25, -0.2) is 8.42 Å². The summed E-state index contributed by atoms with van der Waals surface area (Å²) < 4.78 is 33.8. The number of ether oxygens (including phenoxy) is 1. The normalized spacial score (nSPS) is 13.9. The summed E-state index contributed by atoms with van der Waals surface area (Å²) in [5.74, 6) is 1.36. The minimum absolute atomic E-state index is 0.275. The topological polar surface area (TPSA) is 46.6 Å². The first-order valence-electron chi connectivity index (χ1n) is 9.40. The Balaban J connectivity index is 1.60. The van der Waals surface area contributed by atoms with Crippen LogP contribution in [0.25, 0.3) is 0 Å². The summed E-state index contributed by atoms with van der Waals surface area (Å²) in [6, 6.07) is 20.4. The summed E-state index contributed by atoms with van der Waals surface area (Å²) in [5, 5.41) is 0. The third-order valence-corrected chi connectivity index (χ3v) is 6.74. The van der Waals surface area contributed by atoms with Gasteiger partial charge in [0.2, 0.25) is 0 Å². The molecule has 0 radical (unpaired) electrons. The van der Waals surface area contributed by atoms with Crippen LogP contribution in [-0.4, -0.2) is 15.0 Å². The average Bonchev–Trinajstić information content (AvgIpc) is 2.67. The Morgan fingerprint density at radius 3 is 2.25 bits per heavy atom. The van der Waals surface area contributed by atoms with Gasteiger partial charge in [-0.1, -0.05) is 24.3 Å². The molecule has 1 aliphatic rings. The highest BCUT2D eigenvalue weighted by Crippen LogP contribution is 2.32. The van der Waals surface area contributed by atoms with Gasteiger partial charge < -0.3 is 4.74 Å². The number of benzene rings is 3. The molecule has 0 unspecified atom stereocenters. The summed E-state index contributed by atoms with van der Waals surface area (Å²) in [4.78, 5) is 0.275. The molecule has 28 heavy (non-hydrogen) atoms. The largest absolute Gasteiger partial charge is 0.457 e. The van der Waals surface area contributed by atoms with E-state index in [1.807, 2.05) is 50.2 Å². The molecule has 0 fully saturated rings. The molecule has 3 aromatic rings. The van der Waals surface area contributed by atoms with E-state index in [9.17, 15) is 8.42 Å². The molecule has 0 N–H and O–H groups in total. The van der Waals surface area contributed by atoms with E-state index in [0.717, 1.165) is 41.0 Å². The van der Waals surface area contributed by atoms with Gasteiger partial charge in [0.15, 0.2) is 0 Å². The summed E-state index contributed by atoms with van der Waals surface area (Å²) >= 11 is 0. The Hall–Kier alpha value is -2.79. The fourth-order valence-electron chi connectivity index (χ4n) is 3.68. The maximum absolute atomic E-state index is 13.2. The Bertz CT molecular complexity index is 1080. The van der Waals surface area contributed by atoms with Crippen molar-refractivity contribution in [2.24, 2.45) is 0 Å². The molecular weight excluding hydrogens is 370 g/mol. The van der Waals surface area contributed by atoms with Crippen LogP contribution in [0.3, 0.4) is 0 Å². The highest BCUT2D eigenvalue weighted by molar-refractivity contribution is 7.92. The molecule has 0 aromatic heterocycles. The smallest absolute Gasteiger partial charge is 0.264 e. The monoisotopic (exact) mass is 393 g/mol. The summed E-state index contributed by atoms with van der Waals surface area (Å²) in [6.45, 7) is 4.54. The molecule has 0 atom stereocenters. The van der Waals surface area contributed by atoms with Gasteiger partial charge >= 0.3 is 0 Å². The Morgan fingerprint density at radius 1 is 0.857 bits per heavy atom. The summed E-state index contributed by atoms with van der Waals surface area (Å²) in [5.41, 5.74) is 4.10. The van der Waals surface area contributed by atoms with Gasteiger partial charge in [-0.05, 0) is 85.8 Å². The number of aryl methyl sites for hydroxylation is 3. The van der Waals surface area contributed by atoms with Crippen molar-refractivity contribution in [3.05, 3.63) is 83.4 Å². The molecule has 1 heterocycles. The van der Waals surface area contributed by atoms with Crippen LogP contribution in [0, 0.1) is 13.8 Å². The van der Waals surface area contributed by atoms with Crippen LogP contribution in [-0.2, 0) is 16.4 Å².